The van der Waals surface area contributed by atoms with Crippen LogP contribution >= 0.6 is 21.6 Å². The van der Waals surface area contributed by atoms with Gasteiger partial charge in [0.2, 0.25) is 5.09 Å². The van der Waals surface area contributed by atoms with E-state index in [1.807, 2.05) is 20.1 Å². The average Bonchev–Trinajstić information content (AvgIpc) is 1.86. The molecule has 0 radical (unpaired) electrons. The van der Waals surface area contributed by atoms with Gasteiger partial charge in [-0.25, -0.2) is 0 Å². The van der Waals surface area contributed by atoms with E-state index in [1.165, 1.54) is 10.8 Å². The monoisotopic (exact) mass is 194 g/mol. The average molecular weight is 194 g/mol. The first-order chi connectivity index (χ1) is 5.07. The van der Waals surface area contributed by atoms with Crippen molar-refractivity contribution in [3.05, 3.63) is 10.9 Å². The summed E-state index contributed by atoms with van der Waals surface area (Å²) in [5.74, 6) is 0.248. The van der Waals surface area contributed by atoms with Gasteiger partial charge in [0.15, 0.2) is 0 Å². The second-order valence-corrected chi connectivity index (χ2v) is 4.66. The van der Waals surface area contributed by atoms with E-state index in [0.29, 0.717) is 5.09 Å². The van der Waals surface area contributed by atoms with Gasteiger partial charge >= 0.3 is 0 Å². The Bertz CT molecular complexity index is 139. The van der Waals surface area contributed by atoms with E-state index in [-0.39, 0.29) is 11.9 Å². The molecule has 2 nitrogen and oxygen atoms in total. The van der Waals surface area contributed by atoms with Gasteiger partial charge < -0.3 is 9.84 Å². The van der Waals surface area contributed by atoms with Gasteiger partial charge in [-0.05, 0) is 37.8 Å². The van der Waals surface area contributed by atoms with Gasteiger partial charge in [0.25, 0.3) is 0 Å². The number of ether oxygens (including phenoxy) is 1. The molecule has 0 heterocycles. The van der Waals surface area contributed by atoms with E-state index >= 15 is 0 Å². The molecular formula is C7H14O2S2. The van der Waals surface area contributed by atoms with Gasteiger partial charge in [0.1, 0.15) is 5.76 Å². The Kier molecular flexibility index (Phi) is 5.68. The number of hydrogen-bond donors (Lipinski definition) is 1. The lowest BCUT2D eigenvalue weighted by Crippen LogP contribution is -2.01. The number of aliphatic hydroxyl groups is 1. The van der Waals surface area contributed by atoms with Gasteiger partial charge in [0, 0.05) is 0 Å². The summed E-state index contributed by atoms with van der Waals surface area (Å²) in [6.45, 7) is 5.49. The predicted octanol–water partition coefficient (Wildman–Crippen LogP) is 3.17. The van der Waals surface area contributed by atoms with Crippen molar-refractivity contribution in [2.24, 2.45) is 0 Å². The van der Waals surface area contributed by atoms with Crippen LogP contribution in [0.25, 0.3) is 0 Å². The first kappa shape index (κ1) is 11.0. The largest absolute Gasteiger partial charge is 0.508 e. The standard InChI is InChI=1S/C7H14O2S2/c1-5(2)9-7(6(3)8)11-10-4/h5,8H,1-4H3/b7-6+. The molecule has 0 aliphatic rings. The summed E-state index contributed by atoms with van der Waals surface area (Å²) in [5.41, 5.74) is 0. The van der Waals surface area contributed by atoms with Crippen molar-refractivity contribution in [1.29, 1.82) is 0 Å². The molecule has 4 heteroatoms. The maximum Gasteiger partial charge on any atom is 0.201 e. The van der Waals surface area contributed by atoms with Crippen LogP contribution in [0.1, 0.15) is 20.8 Å². The van der Waals surface area contributed by atoms with Crippen LogP contribution in [0.3, 0.4) is 0 Å². The highest BCUT2D eigenvalue weighted by molar-refractivity contribution is 8.77. The molecule has 0 bridgehead atoms. The fourth-order valence-corrected chi connectivity index (χ4v) is 1.89. The minimum atomic E-state index is 0.117. The molecule has 1 N–H and O–H groups in total. The third kappa shape index (κ3) is 5.32. The van der Waals surface area contributed by atoms with E-state index < -0.39 is 0 Å². The molecule has 0 aromatic heterocycles. The Morgan fingerprint density at radius 2 is 2.00 bits per heavy atom. The van der Waals surface area contributed by atoms with Crippen molar-refractivity contribution in [1.82, 2.24) is 0 Å². The van der Waals surface area contributed by atoms with Gasteiger partial charge in [-0.3, -0.25) is 0 Å². The maximum absolute atomic E-state index is 9.11. The lowest BCUT2D eigenvalue weighted by molar-refractivity contribution is 0.157. The number of rotatable bonds is 4. The van der Waals surface area contributed by atoms with E-state index in [4.69, 9.17) is 9.84 Å². The van der Waals surface area contributed by atoms with Crippen LogP contribution in [-0.2, 0) is 4.74 Å². The summed E-state index contributed by atoms with van der Waals surface area (Å²) < 4.78 is 5.32. The Labute approximate surface area is 75.8 Å². The molecular weight excluding hydrogens is 180 g/mol. The van der Waals surface area contributed by atoms with Crippen LogP contribution in [0.2, 0.25) is 0 Å². The van der Waals surface area contributed by atoms with Crippen molar-refractivity contribution < 1.29 is 9.84 Å². The molecule has 66 valence electrons. The first-order valence-electron chi connectivity index (χ1n) is 3.35. The van der Waals surface area contributed by atoms with Gasteiger partial charge in [-0.15, -0.1) is 0 Å². The number of aliphatic hydroxyl groups excluding tert-OH is 1. The molecule has 0 saturated carbocycles. The van der Waals surface area contributed by atoms with Crippen molar-refractivity contribution >= 4 is 21.6 Å². The second kappa shape index (κ2) is 5.66. The Morgan fingerprint density at radius 3 is 2.27 bits per heavy atom. The smallest absolute Gasteiger partial charge is 0.201 e. The van der Waals surface area contributed by atoms with Gasteiger partial charge in [-0.1, -0.05) is 10.8 Å². The molecule has 0 unspecified atom stereocenters. The zero-order valence-corrected chi connectivity index (χ0v) is 8.88. The van der Waals surface area contributed by atoms with E-state index in [0.717, 1.165) is 0 Å². The summed E-state index contributed by atoms with van der Waals surface area (Å²) >= 11 is 0. The third-order valence-electron chi connectivity index (χ3n) is 0.797. The quantitative estimate of drug-likeness (QED) is 0.550. The molecule has 0 amide bonds. The molecule has 0 aromatic rings. The zero-order chi connectivity index (χ0) is 8.85. The highest BCUT2D eigenvalue weighted by Gasteiger charge is 2.05. The summed E-state index contributed by atoms with van der Waals surface area (Å²) in [6.07, 6.45) is 2.06. The Morgan fingerprint density at radius 1 is 1.45 bits per heavy atom. The fourth-order valence-electron chi connectivity index (χ4n) is 0.455. The molecule has 0 rings (SSSR count). The van der Waals surface area contributed by atoms with Crippen LogP contribution in [-0.4, -0.2) is 17.5 Å². The first-order valence-corrected chi connectivity index (χ1v) is 5.91. The second-order valence-electron chi connectivity index (χ2n) is 2.29. The van der Waals surface area contributed by atoms with Crippen molar-refractivity contribution in [2.45, 2.75) is 26.9 Å². The normalized spacial score (nSPS) is 13.2. The molecule has 11 heavy (non-hydrogen) atoms. The van der Waals surface area contributed by atoms with E-state index in [9.17, 15) is 0 Å². The van der Waals surface area contributed by atoms with Crippen LogP contribution in [0.15, 0.2) is 10.9 Å². The molecule has 0 fully saturated rings. The third-order valence-corrected chi connectivity index (χ3v) is 2.46. The number of hydrogen-bond acceptors (Lipinski definition) is 4. The van der Waals surface area contributed by atoms with Crippen LogP contribution < -0.4 is 0 Å². The highest BCUT2D eigenvalue weighted by atomic mass is 33.1. The van der Waals surface area contributed by atoms with Gasteiger partial charge in [-0.2, -0.15) is 0 Å². The highest BCUT2D eigenvalue weighted by Crippen LogP contribution is 2.30. The predicted molar refractivity (Wildman–Crippen MR) is 52.7 cm³/mol. The fraction of sp³-hybridized carbons (Fsp3) is 0.714. The van der Waals surface area contributed by atoms with Crippen LogP contribution in [0.5, 0.6) is 0 Å². The lowest BCUT2D eigenvalue weighted by atomic mass is 10.5. The topological polar surface area (TPSA) is 29.5 Å². The summed E-state index contributed by atoms with van der Waals surface area (Å²) in [7, 11) is 2.99. The SMILES string of the molecule is CSS/C(OC(C)C)=C(\C)O. The minimum absolute atomic E-state index is 0.117. The summed E-state index contributed by atoms with van der Waals surface area (Å²) in [4.78, 5) is 0. The molecule has 0 spiro atoms. The van der Waals surface area contributed by atoms with Crippen LogP contribution in [0, 0.1) is 0 Å². The Balaban J connectivity index is 4.02. The van der Waals surface area contributed by atoms with Crippen LogP contribution in [0.4, 0.5) is 0 Å². The molecule has 0 aromatic carbocycles. The zero-order valence-electron chi connectivity index (χ0n) is 7.25. The number of allylic oxidation sites excluding steroid dienone is 1. The molecule has 0 atom stereocenters. The Hall–Kier alpha value is 0.0400. The molecule has 0 aliphatic carbocycles. The van der Waals surface area contributed by atoms with E-state index in [2.05, 4.69) is 0 Å². The summed E-state index contributed by atoms with van der Waals surface area (Å²) in [5, 5.41) is 9.72. The van der Waals surface area contributed by atoms with E-state index in [1.54, 1.807) is 17.7 Å². The molecule has 0 aliphatic heterocycles. The minimum Gasteiger partial charge on any atom is -0.508 e. The van der Waals surface area contributed by atoms with Crippen molar-refractivity contribution in [2.75, 3.05) is 6.26 Å². The van der Waals surface area contributed by atoms with Gasteiger partial charge in [0.05, 0.1) is 6.10 Å². The van der Waals surface area contributed by atoms with Crippen molar-refractivity contribution in [3.8, 4) is 0 Å². The summed E-state index contributed by atoms with van der Waals surface area (Å²) in [6, 6.07) is 0. The maximum atomic E-state index is 9.11. The van der Waals surface area contributed by atoms with Crippen molar-refractivity contribution in [3.63, 3.8) is 0 Å². The lowest BCUT2D eigenvalue weighted by Gasteiger charge is -2.11. The molecule has 0 saturated heterocycles.